The summed E-state index contributed by atoms with van der Waals surface area (Å²) >= 11 is 13.4. The van der Waals surface area contributed by atoms with Gasteiger partial charge in [-0.15, -0.1) is 11.3 Å². The highest BCUT2D eigenvalue weighted by Crippen LogP contribution is 2.23. The van der Waals surface area contributed by atoms with Crippen LogP contribution in [0.15, 0.2) is 23.6 Å². The van der Waals surface area contributed by atoms with E-state index >= 15 is 0 Å². The van der Waals surface area contributed by atoms with Gasteiger partial charge in [0.2, 0.25) is 0 Å². The molecule has 1 N–H and O–H groups in total. The van der Waals surface area contributed by atoms with Crippen LogP contribution in [0.2, 0.25) is 10.0 Å². The third-order valence-corrected chi connectivity index (χ3v) is 4.81. The third kappa shape index (κ3) is 3.30. The molecule has 1 aromatic heterocycles. The number of hydrogen-bond acceptors (Lipinski definition) is 2. The van der Waals surface area contributed by atoms with E-state index in [0.29, 0.717) is 22.2 Å². The van der Waals surface area contributed by atoms with E-state index in [2.05, 4.69) is 24.5 Å². The number of nitrogens with one attached hydrogen (secondary N) is 1. The standard InChI is InChI=1S/C14H13Cl2NOS/c1-8-9(2)19-7-11(8)6-17-14(18)10-3-4-12(15)13(16)5-10/h3-5,7H,6H2,1-2H3,(H,17,18). The summed E-state index contributed by atoms with van der Waals surface area (Å²) < 4.78 is 0. The van der Waals surface area contributed by atoms with Crippen molar-refractivity contribution in [3.63, 3.8) is 0 Å². The number of rotatable bonds is 3. The molecule has 0 saturated heterocycles. The average molecular weight is 314 g/mol. The molecule has 1 amide bonds. The van der Waals surface area contributed by atoms with Gasteiger partial charge in [0, 0.05) is 17.0 Å². The fraction of sp³-hybridized carbons (Fsp3) is 0.214. The topological polar surface area (TPSA) is 29.1 Å². The Morgan fingerprint density at radius 1 is 1.26 bits per heavy atom. The highest BCUT2D eigenvalue weighted by molar-refractivity contribution is 7.10. The van der Waals surface area contributed by atoms with E-state index in [-0.39, 0.29) is 5.91 Å². The van der Waals surface area contributed by atoms with Crippen LogP contribution in [-0.2, 0) is 6.54 Å². The summed E-state index contributed by atoms with van der Waals surface area (Å²) in [5, 5.41) is 5.78. The molecule has 19 heavy (non-hydrogen) atoms. The average Bonchev–Trinajstić information content (AvgIpc) is 2.70. The van der Waals surface area contributed by atoms with Crippen molar-refractivity contribution in [1.82, 2.24) is 5.32 Å². The highest BCUT2D eigenvalue weighted by Gasteiger charge is 2.09. The number of thiophene rings is 1. The smallest absolute Gasteiger partial charge is 0.251 e. The van der Waals surface area contributed by atoms with Gasteiger partial charge in [0.25, 0.3) is 5.91 Å². The second-order valence-electron chi connectivity index (χ2n) is 4.25. The van der Waals surface area contributed by atoms with Gasteiger partial charge in [0.05, 0.1) is 10.0 Å². The lowest BCUT2D eigenvalue weighted by atomic mass is 10.1. The molecule has 0 aliphatic carbocycles. The van der Waals surface area contributed by atoms with Crippen molar-refractivity contribution in [3.8, 4) is 0 Å². The molecule has 2 rings (SSSR count). The monoisotopic (exact) mass is 313 g/mol. The lowest BCUT2D eigenvalue weighted by Crippen LogP contribution is -2.22. The number of carbonyl (C=O) groups excluding carboxylic acids is 1. The zero-order chi connectivity index (χ0) is 14.0. The maximum atomic E-state index is 12.0. The van der Waals surface area contributed by atoms with Crippen LogP contribution in [0, 0.1) is 13.8 Å². The summed E-state index contributed by atoms with van der Waals surface area (Å²) in [6, 6.07) is 4.86. The number of halogens is 2. The second-order valence-corrected chi connectivity index (χ2v) is 6.15. The molecule has 0 saturated carbocycles. The van der Waals surface area contributed by atoms with Crippen LogP contribution in [0.25, 0.3) is 0 Å². The zero-order valence-electron chi connectivity index (χ0n) is 10.6. The minimum Gasteiger partial charge on any atom is -0.348 e. The Kier molecular flexibility index (Phi) is 4.50. The van der Waals surface area contributed by atoms with Crippen LogP contribution < -0.4 is 5.32 Å². The van der Waals surface area contributed by atoms with Crippen molar-refractivity contribution in [2.45, 2.75) is 20.4 Å². The van der Waals surface area contributed by atoms with Crippen LogP contribution in [0.5, 0.6) is 0 Å². The van der Waals surface area contributed by atoms with Gasteiger partial charge in [0.15, 0.2) is 0 Å². The van der Waals surface area contributed by atoms with Crippen molar-refractivity contribution in [2.75, 3.05) is 0 Å². The number of aryl methyl sites for hydroxylation is 1. The Morgan fingerprint density at radius 2 is 2.00 bits per heavy atom. The SMILES string of the molecule is Cc1scc(CNC(=O)c2ccc(Cl)c(Cl)c2)c1C. The maximum Gasteiger partial charge on any atom is 0.251 e. The van der Waals surface area contributed by atoms with Crippen molar-refractivity contribution in [2.24, 2.45) is 0 Å². The van der Waals surface area contributed by atoms with E-state index in [1.807, 2.05) is 0 Å². The Labute approximate surface area is 126 Å². The fourth-order valence-electron chi connectivity index (χ4n) is 1.65. The number of carbonyl (C=O) groups is 1. The van der Waals surface area contributed by atoms with Gasteiger partial charge >= 0.3 is 0 Å². The van der Waals surface area contributed by atoms with Crippen molar-refractivity contribution in [3.05, 3.63) is 55.2 Å². The second kappa shape index (κ2) is 5.95. The lowest BCUT2D eigenvalue weighted by Gasteiger charge is -2.06. The molecule has 0 unspecified atom stereocenters. The van der Waals surface area contributed by atoms with E-state index in [1.165, 1.54) is 10.4 Å². The third-order valence-electron chi connectivity index (χ3n) is 3.01. The fourth-order valence-corrected chi connectivity index (χ4v) is 2.84. The molecule has 0 bridgehead atoms. The van der Waals surface area contributed by atoms with Crippen LogP contribution in [0.4, 0.5) is 0 Å². The van der Waals surface area contributed by atoms with E-state index in [1.54, 1.807) is 29.5 Å². The van der Waals surface area contributed by atoms with Crippen molar-refractivity contribution in [1.29, 1.82) is 0 Å². The summed E-state index contributed by atoms with van der Waals surface area (Å²) in [5.41, 5.74) is 2.90. The molecule has 0 aliphatic rings. The number of benzene rings is 1. The molecule has 1 heterocycles. The van der Waals surface area contributed by atoms with E-state index in [9.17, 15) is 4.79 Å². The summed E-state index contributed by atoms with van der Waals surface area (Å²) in [5.74, 6) is -0.151. The van der Waals surface area contributed by atoms with Crippen LogP contribution in [0.3, 0.4) is 0 Å². The van der Waals surface area contributed by atoms with Gasteiger partial charge in [-0.2, -0.15) is 0 Å². The first kappa shape index (κ1) is 14.4. The maximum absolute atomic E-state index is 12.0. The number of hydrogen-bond donors (Lipinski definition) is 1. The predicted molar refractivity (Wildman–Crippen MR) is 81.4 cm³/mol. The lowest BCUT2D eigenvalue weighted by molar-refractivity contribution is 0.0951. The normalized spacial score (nSPS) is 10.5. The molecule has 1 aromatic carbocycles. The first-order chi connectivity index (χ1) is 8.99. The highest BCUT2D eigenvalue weighted by atomic mass is 35.5. The summed E-state index contributed by atoms with van der Waals surface area (Å²) in [6.07, 6.45) is 0. The van der Waals surface area contributed by atoms with Crippen molar-refractivity contribution < 1.29 is 4.79 Å². The minimum atomic E-state index is -0.151. The molecule has 0 atom stereocenters. The first-order valence-electron chi connectivity index (χ1n) is 5.76. The molecule has 0 spiro atoms. The molecule has 2 nitrogen and oxygen atoms in total. The van der Waals surface area contributed by atoms with E-state index in [0.717, 1.165) is 5.56 Å². The molecule has 100 valence electrons. The molecule has 0 aliphatic heterocycles. The predicted octanol–water partition coefficient (Wildman–Crippen LogP) is 4.60. The van der Waals surface area contributed by atoms with Gasteiger partial charge in [-0.1, -0.05) is 23.2 Å². The van der Waals surface area contributed by atoms with Crippen LogP contribution in [0.1, 0.15) is 26.4 Å². The van der Waals surface area contributed by atoms with Gasteiger partial charge in [-0.05, 0) is 48.6 Å². The molecular formula is C14H13Cl2NOS. The molecule has 0 fully saturated rings. The van der Waals surface area contributed by atoms with Crippen LogP contribution >= 0.6 is 34.5 Å². The Morgan fingerprint density at radius 3 is 2.58 bits per heavy atom. The molecule has 5 heteroatoms. The summed E-state index contributed by atoms with van der Waals surface area (Å²) in [6.45, 7) is 4.66. The van der Waals surface area contributed by atoms with E-state index < -0.39 is 0 Å². The zero-order valence-corrected chi connectivity index (χ0v) is 12.9. The van der Waals surface area contributed by atoms with Gasteiger partial charge in [-0.3, -0.25) is 4.79 Å². The molecule has 2 aromatic rings. The minimum absolute atomic E-state index is 0.151. The van der Waals surface area contributed by atoms with Crippen LogP contribution in [-0.4, -0.2) is 5.91 Å². The number of amides is 1. The molecular weight excluding hydrogens is 301 g/mol. The molecule has 0 radical (unpaired) electrons. The first-order valence-corrected chi connectivity index (χ1v) is 7.39. The Bertz CT molecular complexity index is 622. The quantitative estimate of drug-likeness (QED) is 0.881. The Hall–Kier alpha value is -1.03. The van der Waals surface area contributed by atoms with Gasteiger partial charge in [0.1, 0.15) is 0 Å². The van der Waals surface area contributed by atoms with Gasteiger partial charge in [-0.25, -0.2) is 0 Å². The van der Waals surface area contributed by atoms with E-state index in [4.69, 9.17) is 23.2 Å². The Balaban J connectivity index is 2.05. The van der Waals surface area contributed by atoms with Crippen molar-refractivity contribution >= 4 is 40.4 Å². The summed E-state index contributed by atoms with van der Waals surface area (Å²) in [4.78, 5) is 13.3. The largest absolute Gasteiger partial charge is 0.348 e. The summed E-state index contributed by atoms with van der Waals surface area (Å²) in [7, 11) is 0. The van der Waals surface area contributed by atoms with Gasteiger partial charge < -0.3 is 5.32 Å².